The van der Waals surface area contributed by atoms with Gasteiger partial charge in [0.25, 0.3) is 11.8 Å². The van der Waals surface area contributed by atoms with E-state index in [0.717, 1.165) is 17.0 Å². The van der Waals surface area contributed by atoms with Gasteiger partial charge in [0.15, 0.2) is 6.10 Å². The standard InChI is InChI=1S/C19H22ClN3O4/c1-12-4-9-16(20)17(10-12)27-13(2)19(25)23-22-18(24)11-21-14-5-7-15(26-3)8-6-14/h4-10,13,21H,11H2,1-3H3,(H,22,24)(H,23,25). The summed E-state index contributed by atoms with van der Waals surface area (Å²) in [4.78, 5) is 23.9. The summed E-state index contributed by atoms with van der Waals surface area (Å²) in [7, 11) is 1.58. The zero-order valence-electron chi connectivity index (χ0n) is 15.3. The average Bonchev–Trinajstić information content (AvgIpc) is 2.67. The second-order valence-electron chi connectivity index (χ2n) is 5.81. The predicted molar refractivity (Wildman–Crippen MR) is 104 cm³/mol. The molecule has 0 fully saturated rings. The fraction of sp³-hybridized carbons (Fsp3) is 0.263. The number of hydrazine groups is 1. The van der Waals surface area contributed by atoms with E-state index < -0.39 is 17.9 Å². The summed E-state index contributed by atoms with van der Waals surface area (Å²) in [5, 5.41) is 3.34. The van der Waals surface area contributed by atoms with Gasteiger partial charge in [0.05, 0.1) is 18.7 Å². The van der Waals surface area contributed by atoms with Crippen molar-refractivity contribution in [3.05, 3.63) is 53.1 Å². The van der Waals surface area contributed by atoms with Crippen LogP contribution in [0, 0.1) is 6.92 Å². The zero-order valence-corrected chi connectivity index (χ0v) is 16.1. The van der Waals surface area contributed by atoms with Gasteiger partial charge in [0.2, 0.25) is 0 Å². The van der Waals surface area contributed by atoms with Crippen LogP contribution in [0.1, 0.15) is 12.5 Å². The number of amides is 2. The summed E-state index contributed by atoms with van der Waals surface area (Å²) in [6.07, 6.45) is -0.834. The third-order valence-corrected chi connectivity index (χ3v) is 3.94. The van der Waals surface area contributed by atoms with Crippen LogP contribution in [0.2, 0.25) is 5.02 Å². The van der Waals surface area contributed by atoms with Crippen LogP contribution in [0.3, 0.4) is 0 Å². The van der Waals surface area contributed by atoms with Crippen molar-refractivity contribution >= 4 is 29.1 Å². The number of aryl methyl sites for hydroxylation is 1. The Labute approximate surface area is 163 Å². The van der Waals surface area contributed by atoms with E-state index in [-0.39, 0.29) is 6.54 Å². The number of carbonyl (C=O) groups excluding carboxylic acids is 2. The highest BCUT2D eigenvalue weighted by molar-refractivity contribution is 6.32. The van der Waals surface area contributed by atoms with Gasteiger partial charge in [-0.3, -0.25) is 20.4 Å². The summed E-state index contributed by atoms with van der Waals surface area (Å²) in [5.41, 5.74) is 6.36. The number of carbonyl (C=O) groups is 2. The highest BCUT2D eigenvalue weighted by Gasteiger charge is 2.16. The lowest BCUT2D eigenvalue weighted by Crippen LogP contribution is -2.48. The van der Waals surface area contributed by atoms with E-state index in [1.807, 2.05) is 13.0 Å². The van der Waals surface area contributed by atoms with E-state index in [4.69, 9.17) is 21.1 Å². The van der Waals surface area contributed by atoms with E-state index in [0.29, 0.717) is 10.8 Å². The molecule has 0 spiro atoms. The minimum absolute atomic E-state index is 0.00838. The number of hydrogen-bond acceptors (Lipinski definition) is 5. The molecule has 2 amide bonds. The first-order valence-electron chi connectivity index (χ1n) is 8.28. The van der Waals surface area contributed by atoms with Crippen LogP contribution >= 0.6 is 11.6 Å². The summed E-state index contributed by atoms with van der Waals surface area (Å²) in [6.45, 7) is 3.45. The number of rotatable bonds is 7. The highest BCUT2D eigenvalue weighted by atomic mass is 35.5. The van der Waals surface area contributed by atoms with Gasteiger partial charge in [-0.25, -0.2) is 0 Å². The molecular weight excluding hydrogens is 370 g/mol. The van der Waals surface area contributed by atoms with E-state index in [1.54, 1.807) is 50.4 Å². The maximum atomic E-state index is 12.1. The quantitative estimate of drug-likeness (QED) is 0.631. The molecule has 0 heterocycles. The lowest BCUT2D eigenvalue weighted by Gasteiger charge is -2.16. The molecule has 1 unspecified atom stereocenters. The van der Waals surface area contributed by atoms with Crippen LogP contribution in [0.15, 0.2) is 42.5 Å². The normalized spacial score (nSPS) is 11.3. The van der Waals surface area contributed by atoms with Crippen LogP contribution in [0.25, 0.3) is 0 Å². The highest BCUT2D eigenvalue weighted by Crippen LogP contribution is 2.26. The number of nitrogens with one attached hydrogen (secondary N) is 3. The number of anilines is 1. The molecule has 0 aliphatic rings. The van der Waals surface area contributed by atoms with Gasteiger partial charge in [0, 0.05) is 5.69 Å². The maximum Gasteiger partial charge on any atom is 0.279 e. The van der Waals surface area contributed by atoms with E-state index >= 15 is 0 Å². The van der Waals surface area contributed by atoms with Crippen LogP contribution in [-0.4, -0.2) is 31.6 Å². The molecule has 0 aliphatic carbocycles. The summed E-state index contributed by atoms with van der Waals surface area (Å²) in [5.74, 6) is 0.233. The number of hydrogen-bond donors (Lipinski definition) is 3. The van der Waals surface area contributed by atoms with Gasteiger partial charge < -0.3 is 14.8 Å². The van der Waals surface area contributed by atoms with E-state index in [9.17, 15) is 9.59 Å². The summed E-state index contributed by atoms with van der Waals surface area (Å²) in [6, 6.07) is 12.4. The molecule has 0 aromatic heterocycles. The van der Waals surface area contributed by atoms with Gasteiger partial charge >= 0.3 is 0 Å². The third-order valence-electron chi connectivity index (χ3n) is 3.63. The molecule has 27 heavy (non-hydrogen) atoms. The largest absolute Gasteiger partial charge is 0.497 e. The SMILES string of the molecule is COc1ccc(NCC(=O)NNC(=O)C(C)Oc2cc(C)ccc2Cl)cc1. The average molecular weight is 392 g/mol. The number of benzene rings is 2. The molecular formula is C19H22ClN3O4. The Morgan fingerprint density at radius 1 is 1.11 bits per heavy atom. The van der Waals surface area contributed by atoms with E-state index in [2.05, 4.69) is 16.2 Å². The Morgan fingerprint density at radius 2 is 1.81 bits per heavy atom. The Kier molecular flexibility index (Phi) is 7.31. The second-order valence-corrected chi connectivity index (χ2v) is 6.22. The Hall–Kier alpha value is -2.93. The summed E-state index contributed by atoms with van der Waals surface area (Å²) >= 11 is 6.05. The van der Waals surface area contributed by atoms with Crippen molar-refractivity contribution in [2.45, 2.75) is 20.0 Å². The fourth-order valence-corrected chi connectivity index (χ4v) is 2.28. The Balaban J connectivity index is 1.76. The van der Waals surface area contributed by atoms with Gasteiger partial charge in [-0.15, -0.1) is 0 Å². The molecule has 2 aromatic carbocycles. The van der Waals surface area contributed by atoms with Crippen LogP contribution < -0.4 is 25.6 Å². The first-order valence-corrected chi connectivity index (χ1v) is 8.66. The zero-order chi connectivity index (χ0) is 19.8. The monoisotopic (exact) mass is 391 g/mol. The molecule has 0 saturated heterocycles. The van der Waals surface area contributed by atoms with Crippen LogP contribution in [-0.2, 0) is 9.59 Å². The summed E-state index contributed by atoms with van der Waals surface area (Å²) < 4.78 is 10.6. The molecule has 3 N–H and O–H groups in total. The predicted octanol–water partition coefficient (Wildman–Crippen LogP) is 2.68. The van der Waals surface area contributed by atoms with Crippen LogP contribution in [0.4, 0.5) is 5.69 Å². The number of halogens is 1. The van der Waals surface area contributed by atoms with Crippen molar-refractivity contribution in [2.75, 3.05) is 19.0 Å². The molecule has 0 radical (unpaired) electrons. The minimum atomic E-state index is -0.834. The minimum Gasteiger partial charge on any atom is -0.497 e. The molecule has 0 saturated carbocycles. The molecule has 1 atom stereocenters. The number of methoxy groups -OCH3 is 1. The van der Waals surface area contributed by atoms with Crippen molar-refractivity contribution < 1.29 is 19.1 Å². The van der Waals surface area contributed by atoms with Crippen molar-refractivity contribution in [3.8, 4) is 11.5 Å². The maximum absolute atomic E-state index is 12.1. The smallest absolute Gasteiger partial charge is 0.279 e. The Bertz CT molecular complexity index is 796. The van der Waals surface area contributed by atoms with Crippen molar-refractivity contribution in [1.82, 2.24) is 10.9 Å². The third kappa shape index (κ3) is 6.38. The van der Waals surface area contributed by atoms with Crippen molar-refractivity contribution in [3.63, 3.8) is 0 Å². The lowest BCUT2D eigenvalue weighted by atomic mass is 10.2. The van der Waals surface area contributed by atoms with Crippen LogP contribution in [0.5, 0.6) is 11.5 Å². The molecule has 2 aromatic rings. The topological polar surface area (TPSA) is 88.7 Å². The molecule has 0 bridgehead atoms. The molecule has 0 aliphatic heterocycles. The first kappa shape index (κ1) is 20.4. The van der Waals surface area contributed by atoms with E-state index in [1.165, 1.54) is 0 Å². The fourth-order valence-electron chi connectivity index (χ4n) is 2.11. The Morgan fingerprint density at radius 3 is 2.48 bits per heavy atom. The van der Waals surface area contributed by atoms with Gasteiger partial charge in [0.1, 0.15) is 11.5 Å². The van der Waals surface area contributed by atoms with Gasteiger partial charge in [-0.1, -0.05) is 17.7 Å². The molecule has 8 heteroatoms. The first-order chi connectivity index (χ1) is 12.9. The molecule has 2 rings (SSSR count). The van der Waals surface area contributed by atoms with Gasteiger partial charge in [-0.2, -0.15) is 0 Å². The number of ether oxygens (including phenoxy) is 2. The van der Waals surface area contributed by atoms with Gasteiger partial charge in [-0.05, 0) is 55.8 Å². The lowest BCUT2D eigenvalue weighted by molar-refractivity contribution is -0.132. The molecule has 144 valence electrons. The van der Waals surface area contributed by atoms with Crippen molar-refractivity contribution in [2.24, 2.45) is 0 Å². The second kappa shape index (κ2) is 9.68. The van der Waals surface area contributed by atoms with Crippen molar-refractivity contribution in [1.29, 1.82) is 0 Å². The molecule has 7 nitrogen and oxygen atoms in total.